The van der Waals surface area contributed by atoms with Crippen molar-refractivity contribution in [1.29, 1.82) is 0 Å². The molecule has 2 aliphatic heterocycles. The molecular formula is C13H24N2O3S. The molecular weight excluding hydrogens is 264 g/mol. The average Bonchev–Trinajstić information content (AvgIpc) is 2.41. The van der Waals surface area contributed by atoms with E-state index in [0.29, 0.717) is 0 Å². The normalized spacial score (nSPS) is 30.4. The number of morpholine rings is 1. The van der Waals surface area contributed by atoms with Gasteiger partial charge in [0.2, 0.25) is 0 Å². The van der Waals surface area contributed by atoms with E-state index in [1.807, 2.05) is 11.8 Å². The van der Waals surface area contributed by atoms with Crippen molar-refractivity contribution in [2.45, 2.75) is 25.5 Å². The van der Waals surface area contributed by atoms with Gasteiger partial charge in [-0.3, -0.25) is 14.6 Å². The maximum absolute atomic E-state index is 10.9. The number of carboxylic acid groups (broad SMARTS) is 1. The molecule has 2 saturated heterocycles. The van der Waals surface area contributed by atoms with Crippen LogP contribution in [0.1, 0.15) is 13.3 Å². The molecule has 0 aromatic heterocycles. The van der Waals surface area contributed by atoms with Gasteiger partial charge in [0.15, 0.2) is 0 Å². The van der Waals surface area contributed by atoms with E-state index in [1.165, 1.54) is 0 Å². The van der Waals surface area contributed by atoms with E-state index in [4.69, 9.17) is 9.84 Å². The van der Waals surface area contributed by atoms with Gasteiger partial charge in [-0.1, -0.05) is 6.92 Å². The standard InChI is InChI=1S/C13H24N2O3S/c1-2-14-3-5-18-12(8-14)9-15-4-6-19-10-11(15)7-13(16)17/h11-12H,2-10H2,1H3,(H,16,17). The van der Waals surface area contributed by atoms with Crippen LogP contribution in [0, 0.1) is 0 Å². The summed E-state index contributed by atoms with van der Waals surface area (Å²) in [4.78, 5) is 15.6. The summed E-state index contributed by atoms with van der Waals surface area (Å²) in [7, 11) is 0. The zero-order valence-electron chi connectivity index (χ0n) is 11.6. The summed E-state index contributed by atoms with van der Waals surface area (Å²) >= 11 is 1.86. The van der Waals surface area contributed by atoms with E-state index in [9.17, 15) is 4.79 Å². The van der Waals surface area contributed by atoms with Gasteiger partial charge in [0, 0.05) is 43.7 Å². The molecule has 0 aromatic carbocycles. The van der Waals surface area contributed by atoms with Crippen LogP contribution in [0.5, 0.6) is 0 Å². The molecule has 1 N–H and O–H groups in total. The lowest BCUT2D eigenvalue weighted by molar-refractivity contribution is -0.138. The van der Waals surface area contributed by atoms with Gasteiger partial charge in [-0.05, 0) is 6.54 Å². The van der Waals surface area contributed by atoms with Crippen LogP contribution < -0.4 is 0 Å². The summed E-state index contributed by atoms with van der Waals surface area (Å²) in [6, 6.07) is 0.164. The van der Waals surface area contributed by atoms with Crippen molar-refractivity contribution in [3.05, 3.63) is 0 Å². The van der Waals surface area contributed by atoms with Crippen molar-refractivity contribution >= 4 is 17.7 Å². The second kappa shape index (κ2) is 7.47. The highest BCUT2D eigenvalue weighted by atomic mass is 32.2. The van der Waals surface area contributed by atoms with Crippen LogP contribution >= 0.6 is 11.8 Å². The monoisotopic (exact) mass is 288 g/mol. The van der Waals surface area contributed by atoms with Crippen LogP contribution in [0.15, 0.2) is 0 Å². The SMILES string of the molecule is CCN1CCOC(CN2CCSCC2CC(=O)O)C1. The zero-order valence-corrected chi connectivity index (χ0v) is 12.4. The van der Waals surface area contributed by atoms with Gasteiger partial charge in [0.05, 0.1) is 19.1 Å². The van der Waals surface area contributed by atoms with Crippen LogP contribution in [0.4, 0.5) is 0 Å². The first-order valence-corrected chi connectivity index (χ1v) is 8.22. The van der Waals surface area contributed by atoms with Crippen molar-refractivity contribution in [1.82, 2.24) is 9.80 Å². The maximum atomic E-state index is 10.9. The molecule has 2 unspecified atom stereocenters. The molecule has 0 spiro atoms. The van der Waals surface area contributed by atoms with Gasteiger partial charge in [0.1, 0.15) is 0 Å². The Morgan fingerprint density at radius 3 is 3.05 bits per heavy atom. The highest BCUT2D eigenvalue weighted by molar-refractivity contribution is 7.99. The number of hydrogen-bond acceptors (Lipinski definition) is 5. The van der Waals surface area contributed by atoms with Gasteiger partial charge >= 0.3 is 5.97 Å². The summed E-state index contributed by atoms with van der Waals surface area (Å²) < 4.78 is 5.83. The molecule has 5 nitrogen and oxygen atoms in total. The summed E-state index contributed by atoms with van der Waals surface area (Å²) in [5.74, 6) is 1.33. The third-order valence-electron chi connectivity index (χ3n) is 3.87. The molecule has 110 valence electrons. The number of carboxylic acids is 1. The number of rotatable bonds is 5. The number of thioether (sulfide) groups is 1. The molecule has 19 heavy (non-hydrogen) atoms. The van der Waals surface area contributed by atoms with E-state index in [-0.39, 0.29) is 18.6 Å². The van der Waals surface area contributed by atoms with Gasteiger partial charge in [-0.25, -0.2) is 0 Å². The van der Waals surface area contributed by atoms with Crippen molar-refractivity contribution < 1.29 is 14.6 Å². The Bertz CT molecular complexity index is 304. The fourth-order valence-electron chi connectivity index (χ4n) is 2.76. The van der Waals surface area contributed by atoms with Crippen molar-refractivity contribution in [3.63, 3.8) is 0 Å². The van der Waals surface area contributed by atoms with Gasteiger partial charge in [0.25, 0.3) is 0 Å². The molecule has 2 heterocycles. The smallest absolute Gasteiger partial charge is 0.304 e. The molecule has 2 rings (SSSR count). The lowest BCUT2D eigenvalue weighted by Gasteiger charge is -2.39. The molecule has 2 aliphatic rings. The second-order valence-electron chi connectivity index (χ2n) is 5.21. The lowest BCUT2D eigenvalue weighted by Crippen LogP contribution is -2.52. The highest BCUT2D eigenvalue weighted by Gasteiger charge is 2.29. The predicted octanol–water partition coefficient (Wildman–Crippen LogP) is 0.599. The number of nitrogens with zero attached hydrogens (tertiary/aromatic N) is 2. The molecule has 0 bridgehead atoms. The second-order valence-corrected chi connectivity index (χ2v) is 6.36. The van der Waals surface area contributed by atoms with Crippen molar-refractivity contribution in [3.8, 4) is 0 Å². The predicted molar refractivity (Wildman–Crippen MR) is 76.8 cm³/mol. The molecule has 0 aliphatic carbocycles. The zero-order chi connectivity index (χ0) is 13.7. The fourth-order valence-corrected chi connectivity index (χ4v) is 3.89. The van der Waals surface area contributed by atoms with Crippen LogP contribution in [-0.2, 0) is 9.53 Å². The van der Waals surface area contributed by atoms with E-state index in [2.05, 4.69) is 16.7 Å². The van der Waals surface area contributed by atoms with Crippen LogP contribution in [-0.4, -0.2) is 83.9 Å². The minimum atomic E-state index is -0.697. The van der Waals surface area contributed by atoms with Crippen LogP contribution in [0.2, 0.25) is 0 Å². The molecule has 0 aromatic rings. The molecule has 2 atom stereocenters. The molecule has 0 saturated carbocycles. The Balaban J connectivity index is 1.86. The van der Waals surface area contributed by atoms with E-state index < -0.39 is 5.97 Å². The van der Waals surface area contributed by atoms with Crippen molar-refractivity contribution in [2.24, 2.45) is 0 Å². The largest absolute Gasteiger partial charge is 0.481 e. The molecule has 2 fully saturated rings. The number of likely N-dealkylation sites (N-methyl/N-ethyl adjacent to an activating group) is 1. The van der Waals surface area contributed by atoms with Crippen LogP contribution in [0.25, 0.3) is 0 Å². The molecule has 0 amide bonds. The molecule has 0 radical (unpaired) electrons. The quantitative estimate of drug-likeness (QED) is 0.799. The first-order valence-electron chi connectivity index (χ1n) is 7.06. The maximum Gasteiger partial charge on any atom is 0.304 e. The van der Waals surface area contributed by atoms with Gasteiger partial charge in [-0.2, -0.15) is 11.8 Å². The summed E-state index contributed by atoms with van der Waals surface area (Å²) in [5.41, 5.74) is 0. The summed E-state index contributed by atoms with van der Waals surface area (Å²) in [6.45, 7) is 7.87. The Labute approximate surface area is 119 Å². The first-order chi connectivity index (χ1) is 9.19. The topological polar surface area (TPSA) is 53.0 Å². The van der Waals surface area contributed by atoms with E-state index in [0.717, 1.165) is 50.8 Å². The van der Waals surface area contributed by atoms with Crippen molar-refractivity contribution in [2.75, 3.05) is 50.8 Å². The number of aliphatic carboxylic acids is 1. The van der Waals surface area contributed by atoms with Gasteiger partial charge < -0.3 is 9.84 Å². The third-order valence-corrected chi connectivity index (χ3v) is 4.96. The minimum absolute atomic E-state index is 0.164. The van der Waals surface area contributed by atoms with E-state index in [1.54, 1.807) is 0 Å². The minimum Gasteiger partial charge on any atom is -0.481 e. The Morgan fingerprint density at radius 2 is 2.32 bits per heavy atom. The van der Waals surface area contributed by atoms with Gasteiger partial charge in [-0.15, -0.1) is 0 Å². The third kappa shape index (κ3) is 4.63. The first kappa shape index (κ1) is 15.1. The number of carbonyl (C=O) groups is 1. The Morgan fingerprint density at radius 1 is 1.47 bits per heavy atom. The Kier molecular flexibility index (Phi) is 5.94. The fraction of sp³-hybridized carbons (Fsp3) is 0.923. The average molecular weight is 288 g/mol. The number of hydrogen-bond donors (Lipinski definition) is 1. The lowest BCUT2D eigenvalue weighted by atomic mass is 10.1. The summed E-state index contributed by atoms with van der Waals surface area (Å²) in [5, 5.41) is 8.99. The molecule has 6 heteroatoms. The summed E-state index contributed by atoms with van der Waals surface area (Å²) in [6.07, 6.45) is 0.477. The Hall–Kier alpha value is -0.300. The van der Waals surface area contributed by atoms with E-state index >= 15 is 0 Å². The number of ether oxygens (including phenoxy) is 1. The van der Waals surface area contributed by atoms with Crippen LogP contribution in [0.3, 0.4) is 0 Å². The highest BCUT2D eigenvalue weighted by Crippen LogP contribution is 2.20.